The van der Waals surface area contributed by atoms with E-state index in [2.05, 4.69) is 41.7 Å². The molecule has 4 aromatic rings. The Hall–Kier alpha value is -3.62. The molecule has 2 N–H and O–H groups in total. The van der Waals surface area contributed by atoms with Crippen molar-refractivity contribution < 1.29 is 14.5 Å². The van der Waals surface area contributed by atoms with Gasteiger partial charge in [0.2, 0.25) is 5.91 Å². The van der Waals surface area contributed by atoms with Crippen LogP contribution in [0.2, 0.25) is 0 Å². The number of benzene rings is 2. The fourth-order valence-corrected chi connectivity index (χ4v) is 4.72. The maximum absolute atomic E-state index is 12.7. The number of nitrogens with zero attached hydrogens (tertiary/aromatic N) is 5. The minimum atomic E-state index is -0.523. The highest BCUT2D eigenvalue weighted by Crippen LogP contribution is 2.24. The average Bonchev–Trinajstić information content (AvgIpc) is 3.51. The molecule has 0 radical (unpaired) electrons. The molecule has 0 aliphatic heterocycles. The smallest absolute Gasteiger partial charge is 0.273 e. The predicted octanol–water partition coefficient (Wildman–Crippen LogP) is 4.36. The lowest BCUT2D eigenvalue weighted by Crippen LogP contribution is -2.25. The van der Waals surface area contributed by atoms with Gasteiger partial charge in [0.1, 0.15) is 0 Å². The number of amides is 2. The lowest BCUT2D eigenvalue weighted by Gasteiger charge is -2.11. The highest BCUT2D eigenvalue weighted by Gasteiger charge is 2.19. The summed E-state index contributed by atoms with van der Waals surface area (Å²) in [5, 5.41) is 27.8. The lowest BCUT2D eigenvalue weighted by molar-refractivity contribution is -0.385. The monoisotopic (exact) mass is 587 g/mol. The first kappa shape index (κ1) is 25.5. The summed E-state index contributed by atoms with van der Waals surface area (Å²) in [5.74, 6) is -0.222. The van der Waals surface area contributed by atoms with E-state index >= 15 is 0 Å². The molecule has 0 saturated heterocycles. The number of aryl methyl sites for hydroxylation is 1. The highest BCUT2D eigenvalue weighted by molar-refractivity contribution is 9.10. The molecule has 0 saturated carbocycles. The van der Waals surface area contributed by atoms with Gasteiger partial charge < -0.3 is 10.6 Å². The number of halogens is 1. The number of hydrogen-bond donors (Lipinski definition) is 2. The van der Waals surface area contributed by atoms with E-state index in [1.165, 1.54) is 41.3 Å². The molecule has 36 heavy (non-hydrogen) atoms. The van der Waals surface area contributed by atoms with Gasteiger partial charge in [-0.3, -0.25) is 24.3 Å². The minimum Gasteiger partial charge on any atom is -0.345 e. The second-order valence-electron chi connectivity index (χ2n) is 7.33. The zero-order valence-corrected chi connectivity index (χ0v) is 21.9. The first-order valence-corrected chi connectivity index (χ1v) is 13.0. The van der Waals surface area contributed by atoms with Gasteiger partial charge in [0.15, 0.2) is 16.1 Å². The van der Waals surface area contributed by atoms with Gasteiger partial charge in [-0.1, -0.05) is 33.8 Å². The summed E-state index contributed by atoms with van der Waals surface area (Å²) in [7, 11) is 0. The van der Waals surface area contributed by atoms with Crippen LogP contribution in [0.5, 0.6) is 0 Å². The number of nitrogens with one attached hydrogen (secondary N) is 2. The normalized spacial score (nSPS) is 10.7. The van der Waals surface area contributed by atoms with Gasteiger partial charge in [-0.2, -0.15) is 0 Å². The van der Waals surface area contributed by atoms with Crippen molar-refractivity contribution in [2.75, 3.05) is 11.1 Å². The van der Waals surface area contributed by atoms with E-state index in [1.54, 1.807) is 23.1 Å². The molecule has 2 aromatic heterocycles. The molecule has 0 bridgehead atoms. The van der Waals surface area contributed by atoms with Crippen LogP contribution in [-0.4, -0.2) is 42.2 Å². The van der Waals surface area contributed by atoms with Crippen LogP contribution in [0.3, 0.4) is 0 Å². The second-order valence-corrected chi connectivity index (χ2v) is 10.1. The largest absolute Gasteiger partial charge is 0.345 e. The Labute approximate surface area is 221 Å². The minimum absolute atomic E-state index is 0.00937. The third-order valence-electron chi connectivity index (χ3n) is 4.87. The number of thioether (sulfide) groups is 1. The van der Waals surface area contributed by atoms with E-state index in [9.17, 15) is 19.7 Å². The van der Waals surface area contributed by atoms with Crippen molar-refractivity contribution in [3.8, 4) is 5.69 Å². The highest BCUT2D eigenvalue weighted by atomic mass is 79.9. The summed E-state index contributed by atoms with van der Waals surface area (Å²) >= 11 is 5.92. The summed E-state index contributed by atoms with van der Waals surface area (Å²) in [4.78, 5) is 39.8. The fourth-order valence-electron chi connectivity index (χ4n) is 3.14. The zero-order chi connectivity index (χ0) is 25.7. The SMILES string of the molecule is Cc1ccc(C(=O)NCc2nnc(SCC(=O)Nc3nccs3)n2-c2ccc(Br)cc2)cc1[N+](=O)[O-]. The number of hydrogen-bond acceptors (Lipinski definition) is 9. The molecule has 4 rings (SSSR count). The molecule has 11 nitrogen and oxygen atoms in total. The number of rotatable bonds is 9. The van der Waals surface area contributed by atoms with Gasteiger partial charge in [-0.05, 0) is 37.3 Å². The first-order chi connectivity index (χ1) is 17.3. The van der Waals surface area contributed by atoms with Crippen molar-refractivity contribution in [2.45, 2.75) is 18.6 Å². The molecule has 0 unspecified atom stereocenters. The van der Waals surface area contributed by atoms with Crippen LogP contribution in [0.25, 0.3) is 5.69 Å². The molecule has 184 valence electrons. The van der Waals surface area contributed by atoms with Crippen LogP contribution in [0.1, 0.15) is 21.7 Å². The van der Waals surface area contributed by atoms with Gasteiger partial charge >= 0.3 is 0 Å². The van der Waals surface area contributed by atoms with Crippen LogP contribution in [-0.2, 0) is 11.3 Å². The topological polar surface area (TPSA) is 145 Å². The number of nitro groups is 1. The van der Waals surface area contributed by atoms with Crippen molar-refractivity contribution in [1.82, 2.24) is 25.1 Å². The van der Waals surface area contributed by atoms with Crippen LogP contribution >= 0.6 is 39.0 Å². The molecule has 0 fully saturated rings. The van der Waals surface area contributed by atoms with Crippen LogP contribution < -0.4 is 10.6 Å². The number of carbonyl (C=O) groups excluding carboxylic acids is 2. The van der Waals surface area contributed by atoms with E-state index in [-0.39, 0.29) is 29.5 Å². The second kappa shape index (κ2) is 11.4. The molecule has 0 atom stereocenters. The summed E-state index contributed by atoms with van der Waals surface area (Å²) in [5.41, 5.74) is 1.24. The predicted molar refractivity (Wildman–Crippen MR) is 140 cm³/mol. The van der Waals surface area contributed by atoms with Crippen molar-refractivity contribution in [3.05, 3.63) is 85.6 Å². The summed E-state index contributed by atoms with van der Waals surface area (Å²) in [6.45, 7) is 1.62. The lowest BCUT2D eigenvalue weighted by atomic mass is 10.1. The number of aromatic nitrogens is 4. The van der Waals surface area contributed by atoms with Crippen molar-refractivity contribution in [1.29, 1.82) is 0 Å². The zero-order valence-electron chi connectivity index (χ0n) is 18.7. The first-order valence-electron chi connectivity index (χ1n) is 10.4. The quantitative estimate of drug-likeness (QED) is 0.167. The van der Waals surface area contributed by atoms with Crippen molar-refractivity contribution >= 4 is 61.7 Å². The summed E-state index contributed by atoms with van der Waals surface area (Å²) in [6, 6.07) is 11.7. The Kier molecular flexibility index (Phi) is 8.07. The molecule has 0 aliphatic carbocycles. The third-order valence-corrected chi connectivity index (χ3v) is 7.02. The molecule has 0 spiro atoms. The Balaban J connectivity index is 1.52. The van der Waals surface area contributed by atoms with Crippen molar-refractivity contribution in [2.24, 2.45) is 0 Å². The molecule has 0 aliphatic rings. The van der Waals surface area contributed by atoms with E-state index in [4.69, 9.17) is 0 Å². The van der Waals surface area contributed by atoms with Gasteiger partial charge in [-0.15, -0.1) is 21.5 Å². The maximum atomic E-state index is 12.7. The number of anilines is 1. The standard InChI is InChI=1S/C22H18BrN7O4S2/c1-13-2-3-14(10-17(13)30(33)34)20(32)25-11-18-27-28-22(29(18)16-6-4-15(23)5-7-16)36-12-19(31)26-21-24-8-9-35-21/h2-10H,11-12H2,1H3,(H,25,32)(H,24,26,31). The molecule has 2 heterocycles. The molecule has 14 heteroatoms. The van der Waals surface area contributed by atoms with E-state index < -0.39 is 10.8 Å². The molecular weight excluding hydrogens is 570 g/mol. The number of thiazole rings is 1. The van der Waals surface area contributed by atoms with Gasteiger partial charge in [0.25, 0.3) is 11.6 Å². The Morgan fingerprint density at radius 1 is 1.19 bits per heavy atom. The number of carbonyl (C=O) groups is 2. The molecule has 2 amide bonds. The Bertz CT molecular complexity index is 1410. The van der Waals surface area contributed by atoms with Crippen LogP contribution in [0.15, 0.2) is 63.7 Å². The Morgan fingerprint density at radius 2 is 1.97 bits per heavy atom. The maximum Gasteiger partial charge on any atom is 0.273 e. The fraction of sp³-hybridized carbons (Fsp3) is 0.136. The average molecular weight is 588 g/mol. The number of nitro benzene ring substituents is 1. The summed E-state index contributed by atoms with van der Waals surface area (Å²) in [6.07, 6.45) is 1.60. The van der Waals surface area contributed by atoms with E-state index in [1.807, 2.05) is 24.3 Å². The van der Waals surface area contributed by atoms with Crippen LogP contribution in [0, 0.1) is 17.0 Å². The van der Waals surface area contributed by atoms with E-state index in [0.717, 1.165) is 10.2 Å². The third kappa shape index (κ3) is 6.13. The molecular formula is C22H18BrN7O4S2. The van der Waals surface area contributed by atoms with Crippen LogP contribution in [0.4, 0.5) is 10.8 Å². The van der Waals surface area contributed by atoms with Crippen molar-refractivity contribution in [3.63, 3.8) is 0 Å². The van der Waals surface area contributed by atoms with Gasteiger partial charge in [0, 0.05) is 38.9 Å². The summed E-state index contributed by atoms with van der Waals surface area (Å²) < 4.78 is 2.62. The van der Waals surface area contributed by atoms with Gasteiger partial charge in [0.05, 0.1) is 17.2 Å². The van der Waals surface area contributed by atoms with Gasteiger partial charge in [-0.25, -0.2) is 4.98 Å². The van der Waals surface area contributed by atoms with E-state index in [0.29, 0.717) is 21.7 Å². The molecule has 2 aromatic carbocycles. The Morgan fingerprint density at radius 3 is 2.67 bits per heavy atom.